The molecule has 0 aliphatic carbocycles. The molecular weight excluding hydrogens is 462 g/mol. The van der Waals surface area contributed by atoms with E-state index in [9.17, 15) is 28.1 Å². The number of rotatable bonds is 5. The van der Waals surface area contributed by atoms with Gasteiger partial charge in [0.15, 0.2) is 0 Å². The summed E-state index contributed by atoms with van der Waals surface area (Å²) in [6.45, 7) is 1.86. The predicted molar refractivity (Wildman–Crippen MR) is 126 cm³/mol. The molecule has 0 spiro atoms. The molecule has 3 aromatic rings. The van der Waals surface area contributed by atoms with Gasteiger partial charge in [-0.1, -0.05) is 6.07 Å². The molecule has 2 aromatic carbocycles. The topological polar surface area (TPSA) is 137 Å². The van der Waals surface area contributed by atoms with Gasteiger partial charge < -0.3 is 5.32 Å². The van der Waals surface area contributed by atoms with Crippen LogP contribution in [0.4, 0.5) is 11.4 Å². The zero-order chi connectivity index (χ0) is 24.8. The zero-order valence-electron chi connectivity index (χ0n) is 19.0. The molecule has 0 radical (unpaired) electrons. The highest BCUT2D eigenvalue weighted by Gasteiger charge is 2.33. The maximum Gasteiger partial charge on any atom is 0.328 e. The van der Waals surface area contributed by atoms with E-state index in [4.69, 9.17) is 0 Å². The minimum absolute atomic E-state index is 0.0913. The molecule has 1 N–H and O–H groups in total. The number of carbonyl (C=O) groups is 1. The molecule has 1 aromatic heterocycles. The van der Waals surface area contributed by atoms with E-state index in [1.807, 2.05) is 0 Å². The number of fused-ring (bicyclic) bond motifs is 1. The number of nitrogens with zero attached hydrogens (tertiary/aromatic N) is 4. The number of benzene rings is 2. The van der Waals surface area contributed by atoms with Gasteiger partial charge in [0, 0.05) is 50.9 Å². The second kappa shape index (κ2) is 8.69. The number of hydrogen-bond donors (Lipinski definition) is 1. The monoisotopic (exact) mass is 487 g/mol. The molecule has 0 bridgehead atoms. The average molecular weight is 488 g/mol. The van der Waals surface area contributed by atoms with Gasteiger partial charge in [0.1, 0.15) is 0 Å². The maximum atomic E-state index is 13.1. The summed E-state index contributed by atoms with van der Waals surface area (Å²) in [5.74, 6) is -0.600. The van der Waals surface area contributed by atoms with E-state index in [2.05, 4.69) is 5.32 Å². The maximum absolute atomic E-state index is 13.1. The number of nitro groups is 1. The van der Waals surface area contributed by atoms with E-state index in [1.165, 1.54) is 25.6 Å². The number of hydrogen-bond acceptors (Lipinski definition) is 6. The van der Waals surface area contributed by atoms with Crippen molar-refractivity contribution in [2.24, 2.45) is 20.0 Å². The average Bonchev–Trinajstić information content (AvgIpc) is 3.02. The van der Waals surface area contributed by atoms with Crippen LogP contribution >= 0.6 is 0 Å². The van der Waals surface area contributed by atoms with Gasteiger partial charge in [0.25, 0.3) is 5.69 Å². The smallest absolute Gasteiger partial charge is 0.326 e. The Balaban J connectivity index is 1.46. The van der Waals surface area contributed by atoms with Gasteiger partial charge in [-0.15, -0.1) is 0 Å². The van der Waals surface area contributed by atoms with E-state index < -0.39 is 14.9 Å². The lowest BCUT2D eigenvalue weighted by molar-refractivity contribution is -0.385. The van der Waals surface area contributed by atoms with Crippen molar-refractivity contribution in [3.05, 3.63) is 62.6 Å². The van der Waals surface area contributed by atoms with Gasteiger partial charge >= 0.3 is 5.69 Å². The fourth-order valence-corrected chi connectivity index (χ4v) is 6.02. The molecule has 1 aliphatic rings. The molecule has 1 aliphatic heterocycles. The normalized spacial score (nSPS) is 15.5. The van der Waals surface area contributed by atoms with E-state index >= 15 is 0 Å². The predicted octanol–water partition coefficient (Wildman–Crippen LogP) is 2.13. The van der Waals surface area contributed by atoms with Crippen LogP contribution in [-0.2, 0) is 28.9 Å². The van der Waals surface area contributed by atoms with Crippen molar-refractivity contribution in [3.8, 4) is 0 Å². The van der Waals surface area contributed by atoms with Crippen LogP contribution < -0.4 is 11.0 Å². The third-order valence-electron chi connectivity index (χ3n) is 6.36. The lowest BCUT2D eigenvalue weighted by Gasteiger charge is -2.30. The van der Waals surface area contributed by atoms with Crippen LogP contribution in [0, 0.1) is 23.0 Å². The summed E-state index contributed by atoms with van der Waals surface area (Å²) in [5, 5.41) is 13.9. The summed E-state index contributed by atoms with van der Waals surface area (Å²) in [6.07, 6.45) is 0.649. The molecule has 1 saturated heterocycles. The minimum atomic E-state index is -3.93. The molecule has 34 heavy (non-hydrogen) atoms. The van der Waals surface area contributed by atoms with Gasteiger partial charge in [-0.2, -0.15) is 4.31 Å². The van der Waals surface area contributed by atoms with Gasteiger partial charge in [-0.25, -0.2) is 13.2 Å². The number of non-ortho nitro benzene ring substituents is 1. The Bertz CT molecular complexity index is 1460. The second-order valence-electron chi connectivity index (χ2n) is 8.48. The number of imidazole rings is 1. The summed E-state index contributed by atoms with van der Waals surface area (Å²) in [7, 11) is -0.582. The molecule has 11 nitrogen and oxygen atoms in total. The Morgan fingerprint density at radius 1 is 1.06 bits per heavy atom. The zero-order valence-corrected chi connectivity index (χ0v) is 19.8. The molecule has 12 heteroatoms. The third-order valence-corrected chi connectivity index (χ3v) is 8.41. The van der Waals surface area contributed by atoms with Crippen molar-refractivity contribution in [3.63, 3.8) is 0 Å². The van der Waals surface area contributed by atoms with Crippen molar-refractivity contribution in [2.45, 2.75) is 24.7 Å². The molecule has 0 saturated carbocycles. The van der Waals surface area contributed by atoms with Gasteiger partial charge in [0.05, 0.1) is 20.9 Å². The van der Waals surface area contributed by atoms with Gasteiger partial charge in [0.2, 0.25) is 15.9 Å². The standard InChI is InChI=1S/C22H25N5O6S/c1-14-4-6-17(27(30)31)13-20(14)34(32,33)26-10-8-15(9-11-26)21(28)23-16-5-7-18-19(12-16)25(3)22(29)24(18)2/h4-7,12-13,15H,8-11H2,1-3H3,(H,23,28). The van der Waals surface area contributed by atoms with E-state index in [0.717, 1.165) is 11.6 Å². The molecule has 1 amide bonds. The highest BCUT2D eigenvalue weighted by Crippen LogP contribution is 2.29. The van der Waals surface area contributed by atoms with Crippen LogP contribution in [0.5, 0.6) is 0 Å². The molecule has 2 heterocycles. The van der Waals surface area contributed by atoms with Gasteiger partial charge in [-0.3, -0.25) is 24.0 Å². The number of carbonyl (C=O) groups excluding carboxylic acids is 1. The van der Waals surface area contributed by atoms with Crippen LogP contribution in [-0.4, -0.2) is 45.8 Å². The van der Waals surface area contributed by atoms with E-state index in [-0.39, 0.29) is 41.2 Å². The second-order valence-corrected chi connectivity index (χ2v) is 10.4. The van der Waals surface area contributed by atoms with Crippen LogP contribution in [0.15, 0.2) is 46.1 Å². The Morgan fingerprint density at radius 2 is 1.71 bits per heavy atom. The molecular formula is C22H25N5O6S. The Labute approximate surface area is 195 Å². The fraction of sp³-hybridized carbons (Fsp3) is 0.364. The SMILES string of the molecule is Cc1ccc([N+](=O)[O-])cc1S(=O)(=O)N1CCC(C(=O)Nc2ccc3c(c2)n(C)c(=O)n3C)CC1. The summed E-state index contributed by atoms with van der Waals surface area (Å²) < 4.78 is 30.5. The van der Waals surface area contributed by atoms with E-state index in [0.29, 0.717) is 29.6 Å². The molecule has 180 valence electrons. The summed E-state index contributed by atoms with van der Waals surface area (Å²) >= 11 is 0. The Kier molecular flexibility index (Phi) is 6.04. The van der Waals surface area contributed by atoms with Crippen molar-refractivity contribution < 1.29 is 18.1 Å². The molecule has 0 atom stereocenters. The summed E-state index contributed by atoms with van der Waals surface area (Å²) in [5.41, 5.74) is 1.98. The first kappa shape index (κ1) is 23.6. The lowest BCUT2D eigenvalue weighted by Crippen LogP contribution is -2.41. The number of amides is 1. The fourth-order valence-electron chi connectivity index (χ4n) is 4.31. The molecule has 1 fully saturated rings. The number of piperidine rings is 1. The first-order chi connectivity index (χ1) is 16.0. The number of aromatic nitrogens is 2. The van der Waals surface area contributed by atoms with Crippen molar-refractivity contribution in [1.82, 2.24) is 13.4 Å². The lowest BCUT2D eigenvalue weighted by atomic mass is 9.97. The number of nitro benzene ring substituents is 1. The highest BCUT2D eigenvalue weighted by molar-refractivity contribution is 7.89. The minimum Gasteiger partial charge on any atom is -0.326 e. The van der Waals surface area contributed by atoms with Crippen LogP contribution in [0.1, 0.15) is 18.4 Å². The van der Waals surface area contributed by atoms with Gasteiger partial charge in [-0.05, 0) is 43.5 Å². The van der Waals surface area contributed by atoms with Crippen LogP contribution in [0.25, 0.3) is 11.0 Å². The van der Waals surface area contributed by atoms with Crippen molar-refractivity contribution in [1.29, 1.82) is 0 Å². The van der Waals surface area contributed by atoms with Crippen LogP contribution in [0.2, 0.25) is 0 Å². The molecule has 4 rings (SSSR count). The first-order valence-corrected chi connectivity index (χ1v) is 12.2. The Morgan fingerprint density at radius 3 is 2.35 bits per heavy atom. The number of sulfonamides is 1. The largest absolute Gasteiger partial charge is 0.328 e. The third kappa shape index (κ3) is 4.10. The quantitative estimate of drug-likeness (QED) is 0.432. The summed E-state index contributed by atoms with van der Waals surface area (Å²) in [4.78, 5) is 35.3. The summed E-state index contributed by atoms with van der Waals surface area (Å²) in [6, 6.07) is 9.00. The number of aryl methyl sites for hydroxylation is 3. The number of nitrogens with one attached hydrogen (secondary N) is 1. The van der Waals surface area contributed by atoms with Crippen molar-refractivity contribution in [2.75, 3.05) is 18.4 Å². The van der Waals surface area contributed by atoms with E-state index in [1.54, 1.807) is 39.2 Å². The highest BCUT2D eigenvalue weighted by atomic mass is 32.2. The van der Waals surface area contributed by atoms with Crippen LogP contribution in [0.3, 0.4) is 0 Å². The molecule has 0 unspecified atom stereocenters. The Hall–Kier alpha value is -3.51. The number of anilines is 1. The first-order valence-electron chi connectivity index (χ1n) is 10.7. The van der Waals surface area contributed by atoms with Crippen molar-refractivity contribution >= 4 is 38.3 Å².